The molecule has 4 aromatic rings. The number of benzene rings is 3. The number of hydrogen-bond donors (Lipinski definition) is 5. The first kappa shape index (κ1) is 42.8. The minimum absolute atomic E-state index is 0.0257. The van der Waals surface area contributed by atoms with E-state index in [1.807, 2.05) is 20.8 Å². The summed E-state index contributed by atoms with van der Waals surface area (Å²) in [6.07, 6.45) is 5.07. The third-order valence-electron chi connectivity index (χ3n) is 7.93. The highest BCUT2D eigenvalue weighted by Gasteiger charge is 2.14. The summed E-state index contributed by atoms with van der Waals surface area (Å²) in [5, 5.41) is 9.14. The number of carbonyl (C=O) groups is 3. The van der Waals surface area contributed by atoms with Gasteiger partial charge in [-0.1, -0.05) is 53.2 Å². The highest BCUT2D eigenvalue weighted by Crippen LogP contribution is 2.19. The van der Waals surface area contributed by atoms with Crippen molar-refractivity contribution in [1.82, 2.24) is 14.5 Å². The molecule has 0 saturated carbocycles. The summed E-state index contributed by atoms with van der Waals surface area (Å²) < 4.78 is 17.2. The van der Waals surface area contributed by atoms with Crippen molar-refractivity contribution in [2.45, 2.75) is 59.3 Å². The molecule has 300 valence electrons. The van der Waals surface area contributed by atoms with Crippen LogP contribution in [0.15, 0.2) is 102 Å². The van der Waals surface area contributed by atoms with Crippen LogP contribution in [0.4, 0.5) is 29.0 Å². The Hall–Kier alpha value is -6.97. The summed E-state index contributed by atoms with van der Waals surface area (Å²) in [4.78, 5) is 55.3. The van der Waals surface area contributed by atoms with Crippen LogP contribution in [0.2, 0.25) is 0 Å². The second-order valence-corrected chi connectivity index (χ2v) is 12.6. The van der Waals surface area contributed by atoms with Gasteiger partial charge in [0.25, 0.3) is 0 Å². The second-order valence-electron chi connectivity index (χ2n) is 12.6. The molecule has 0 spiro atoms. The second kappa shape index (κ2) is 21.8. The van der Waals surface area contributed by atoms with Crippen LogP contribution in [-0.4, -0.2) is 58.2 Å². The lowest BCUT2D eigenvalue weighted by Gasteiger charge is -2.14. The van der Waals surface area contributed by atoms with Gasteiger partial charge in [0.15, 0.2) is 0 Å². The minimum atomic E-state index is -0.428. The van der Waals surface area contributed by atoms with Gasteiger partial charge in [-0.2, -0.15) is 20.0 Å². The van der Waals surface area contributed by atoms with Crippen molar-refractivity contribution >= 4 is 58.6 Å². The van der Waals surface area contributed by atoms with Crippen LogP contribution >= 0.6 is 0 Å². The van der Waals surface area contributed by atoms with Crippen molar-refractivity contribution in [3.8, 4) is 0 Å². The Bertz CT molecular complexity index is 2110. The molecule has 0 aliphatic carbocycles. The van der Waals surface area contributed by atoms with Crippen LogP contribution in [0.3, 0.4) is 0 Å². The summed E-state index contributed by atoms with van der Waals surface area (Å²) in [5.41, 5.74) is 15.4. The smallest absolute Gasteiger partial charge is 0.338 e. The molecule has 0 bridgehead atoms. The number of aromatic nitrogens is 3. The van der Waals surface area contributed by atoms with Crippen LogP contribution in [0.25, 0.3) is 5.82 Å². The summed E-state index contributed by atoms with van der Waals surface area (Å²) in [6, 6.07) is 19.7. The summed E-state index contributed by atoms with van der Waals surface area (Å²) >= 11 is 0. The van der Waals surface area contributed by atoms with E-state index in [-0.39, 0.29) is 35.1 Å². The number of nitrogens with two attached hydrogens (primary N) is 2. The van der Waals surface area contributed by atoms with E-state index < -0.39 is 17.9 Å². The largest absolute Gasteiger partial charge is 0.462 e. The molecule has 0 radical (unpaired) electrons. The zero-order valence-corrected chi connectivity index (χ0v) is 32.5. The SMILES string of the molecule is C=C(N=c1nc(Nc2ccc(C(=O)OCCCC)cc2)nc(N=C(N)Nc2ccc(C(=O)OCCCC)cc2)n1C(=C)N)Nc1ccc(C(=O)OCCCC)cc1. The van der Waals surface area contributed by atoms with Gasteiger partial charge >= 0.3 is 17.9 Å². The maximum Gasteiger partial charge on any atom is 0.338 e. The number of carbonyl (C=O) groups excluding carboxylic acids is 3. The zero-order valence-electron chi connectivity index (χ0n) is 32.5. The zero-order chi connectivity index (χ0) is 41.2. The molecule has 0 amide bonds. The van der Waals surface area contributed by atoms with E-state index in [4.69, 9.17) is 25.7 Å². The molecule has 1 heterocycles. The molecule has 0 aliphatic rings. The van der Waals surface area contributed by atoms with Gasteiger partial charge < -0.3 is 41.6 Å². The molecule has 4 rings (SSSR count). The maximum absolute atomic E-state index is 12.4. The summed E-state index contributed by atoms with van der Waals surface area (Å²) in [6.45, 7) is 15.0. The van der Waals surface area contributed by atoms with Gasteiger partial charge in [-0.25, -0.2) is 19.0 Å². The van der Waals surface area contributed by atoms with E-state index in [9.17, 15) is 14.4 Å². The number of hydrogen-bond acceptors (Lipinski definition) is 13. The number of nitrogens with one attached hydrogen (secondary N) is 3. The minimum Gasteiger partial charge on any atom is -0.462 e. The molecule has 0 saturated heterocycles. The Labute approximate surface area is 331 Å². The Balaban J connectivity index is 1.65. The van der Waals surface area contributed by atoms with Crippen LogP contribution in [-0.2, 0) is 14.2 Å². The normalized spacial score (nSPS) is 11.4. The van der Waals surface area contributed by atoms with E-state index in [1.165, 1.54) is 4.57 Å². The summed E-state index contributed by atoms with van der Waals surface area (Å²) in [5.74, 6) is -1.26. The van der Waals surface area contributed by atoms with E-state index >= 15 is 0 Å². The number of rotatable bonds is 20. The lowest BCUT2D eigenvalue weighted by Crippen LogP contribution is -2.30. The van der Waals surface area contributed by atoms with E-state index in [0.717, 1.165) is 38.5 Å². The fourth-order valence-electron chi connectivity index (χ4n) is 4.84. The van der Waals surface area contributed by atoms with Crippen molar-refractivity contribution in [3.63, 3.8) is 0 Å². The molecule has 0 fully saturated rings. The van der Waals surface area contributed by atoms with Crippen molar-refractivity contribution in [1.29, 1.82) is 0 Å². The molecule has 3 aromatic carbocycles. The third-order valence-corrected chi connectivity index (χ3v) is 7.93. The molecule has 0 unspecified atom stereocenters. The van der Waals surface area contributed by atoms with E-state index in [2.05, 4.69) is 49.1 Å². The first-order chi connectivity index (χ1) is 27.5. The Kier molecular flexibility index (Phi) is 16.4. The highest BCUT2D eigenvalue weighted by atomic mass is 16.5. The van der Waals surface area contributed by atoms with Gasteiger partial charge in [-0.3, -0.25) is 0 Å². The van der Waals surface area contributed by atoms with Crippen molar-refractivity contribution < 1.29 is 28.6 Å². The van der Waals surface area contributed by atoms with Gasteiger partial charge in [-0.05, 0) is 92.1 Å². The third kappa shape index (κ3) is 13.4. The lowest BCUT2D eigenvalue weighted by atomic mass is 10.2. The van der Waals surface area contributed by atoms with Gasteiger partial charge in [0.05, 0.1) is 36.5 Å². The number of esters is 3. The fourth-order valence-corrected chi connectivity index (χ4v) is 4.84. The molecule has 7 N–H and O–H groups in total. The number of guanidine groups is 1. The van der Waals surface area contributed by atoms with Gasteiger partial charge in [0.2, 0.25) is 23.5 Å². The number of ether oxygens (including phenoxy) is 3. The molecular formula is C41H50N10O6. The molecule has 57 heavy (non-hydrogen) atoms. The molecule has 16 nitrogen and oxygen atoms in total. The van der Waals surface area contributed by atoms with E-state index in [0.29, 0.717) is 53.6 Å². The monoisotopic (exact) mass is 778 g/mol. The molecule has 16 heteroatoms. The highest BCUT2D eigenvalue weighted by molar-refractivity contribution is 5.95. The average molecular weight is 779 g/mol. The first-order valence-corrected chi connectivity index (χ1v) is 18.7. The topological polar surface area (TPSA) is 222 Å². The maximum atomic E-state index is 12.4. The van der Waals surface area contributed by atoms with Gasteiger partial charge in [0.1, 0.15) is 11.6 Å². The fraction of sp³-hybridized carbons (Fsp3) is 0.293. The number of unbranched alkanes of at least 4 members (excludes halogenated alkanes) is 3. The van der Waals surface area contributed by atoms with Crippen LogP contribution < -0.4 is 33.0 Å². The predicted molar refractivity (Wildman–Crippen MR) is 221 cm³/mol. The Morgan fingerprint density at radius 1 is 0.649 bits per heavy atom. The number of nitrogens with zero attached hydrogens (tertiary/aromatic N) is 5. The van der Waals surface area contributed by atoms with Crippen LogP contribution in [0, 0.1) is 0 Å². The van der Waals surface area contributed by atoms with Crippen molar-refractivity contribution in [2.24, 2.45) is 21.5 Å². The first-order valence-electron chi connectivity index (χ1n) is 18.7. The lowest BCUT2D eigenvalue weighted by molar-refractivity contribution is 0.0490. The quantitative estimate of drug-likeness (QED) is 0.0205. The van der Waals surface area contributed by atoms with Gasteiger partial charge in [0, 0.05) is 17.1 Å². The van der Waals surface area contributed by atoms with Gasteiger partial charge in [-0.15, -0.1) is 0 Å². The Morgan fingerprint density at radius 3 is 1.49 bits per heavy atom. The average Bonchev–Trinajstić information content (AvgIpc) is 3.18. The molecule has 0 atom stereocenters. The molecular weight excluding hydrogens is 729 g/mol. The molecule has 1 aromatic heterocycles. The van der Waals surface area contributed by atoms with Crippen molar-refractivity contribution in [3.05, 3.63) is 114 Å². The summed E-state index contributed by atoms with van der Waals surface area (Å²) in [7, 11) is 0. The molecule has 0 aliphatic heterocycles. The predicted octanol–water partition coefficient (Wildman–Crippen LogP) is 6.82. The van der Waals surface area contributed by atoms with Crippen LogP contribution in [0.1, 0.15) is 90.4 Å². The Morgan fingerprint density at radius 2 is 1.07 bits per heavy atom. The van der Waals surface area contributed by atoms with Crippen LogP contribution in [0.5, 0.6) is 0 Å². The number of aliphatic imine (C=N–C) groups is 1. The standard InChI is InChI=1S/C41H50N10O6/c1-6-9-24-55-35(52)29-12-18-32(19-13-29)44-28(5)45-40-49-39(47-34-22-16-31(17-23-34)37(54)57-26-11-8-3)50-41(51(40)27(4)42)48-38(43)46-33-20-14-30(15-21-33)36(53)56-25-10-7-2/h12-23,44H,4-11,24-26,42H2,1-3H3,(H4,43,45,46,47,48,49,50). The number of anilines is 4. The van der Waals surface area contributed by atoms with E-state index in [1.54, 1.807) is 72.8 Å². The van der Waals surface area contributed by atoms with Crippen molar-refractivity contribution in [2.75, 3.05) is 35.8 Å².